The first-order chi connectivity index (χ1) is 13.7. The summed E-state index contributed by atoms with van der Waals surface area (Å²) in [5, 5.41) is 4.68. The molecule has 1 saturated heterocycles. The number of benzene rings is 1. The predicted octanol–water partition coefficient (Wildman–Crippen LogP) is 3.31. The van der Waals surface area contributed by atoms with Crippen molar-refractivity contribution in [2.45, 2.75) is 38.6 Å². The number of alkyl halides is 3. The van der Waals surface area contributed by atoms with Gasteiger partial charge >= 0.3 is 6.18 Å². The van der Waals surface area contributed by atoms with Gasteiger partial charge in [0.1, 0.15) is 24.9 Å². The molecule has 0 aliphatic carbocycles. The van der Waals surface area contributed by atoms with Gasteiger partial charge in [-0.3, -0.25) is 9.59 Å². The lowest BCUT2D eigenvalue weighted by molar-refractivity contribution is -0.140. The Morgan fingerprint density at radius 3 is 2.86 bits per heavy atom. The zero-order valence-corrected chi connectivity index (χ0v) is 16.5. The lowest BCUT2D eigenvalue weighted by Gasteiger charge is -2.24. The van der Waals surface area contributed by atoms with Gasteiger partial charge in [0.15, 0.2) is 0 Å². The minimum Gasteiger partial charge on any atom is -0.487 e. The van der Waals surface area contributed by atoms with Gasteiger partial charge in [0.2, 0.25) is 5.91 Å². The molecule has 1 aromatic heterocycles. The summed E-state index contributed by atoms with van der Waals surface area (Å²) in [6.07, 6.45) is -3.62. The molecule has 2 amide bonds. The van der Waals surface area contributed by atoms with E-state index in [0.717, 1.165) is 10.7 Å². The summed E-state index contributed by atoms with van der Waals surface area (Å²) in [6.45, 7) is 1.05. The number of carbonyl (C=O) groups is 2. The van der Waals surface area contributed by atoms with E-state index in [1.54, 1.807) is 24.3 Å². The van der Waals surface area contributed by atoms with Crippen molar-refractivity contribution in [2.75, 3.05) is 13.1 Å². The molecule has 0 saturated carbocycles. The first kappa shape index (κ1) is 21.1. The summed E-state index contributed by atoms with van der Waals surface area (Å²) in [5.74, 6) is -0.733. The number of carbonyl (C=O) groups excluding carboxylic acids is 2. The molecule has 6 nitrogen and oxygen atoms in total. The van der Waals surface area contributed by atoms with E-state index in [0.29, 0.717) is 30.7 Å². The number of hydrogen-bond acceptors (Lipinski definition) is 5. The number of aryl methyl sites for hydroxylation is 1. The van der Waals surface area contributed by atoms with Crippen LogP contribution >= 0.6 is 11.3 Å². The number of amides is 2. The van der Waals surface area contributed by atoms with Crippen molar-refractivity contribution in [3.63, 3.8) is 0 Å². The maximum absolute atomic E-state index is 12.9. The second kappa shape index (κ2) is 8.81. The molecule has 1 atom stereocenters. The van der Waals surface area contributed by atoms with Crippen LogP contribution in [0.2, 0.25) is 0 Å². The van der Waals surface area contributed by atoms with Crippen molar-refractivity contribution in [1.29, 1.82) is 0 Å². The smallest absolute Gasteiger partial charge is 0.405 e. The van der Waals surface area contributed by atoms with Crippen molar-refractivity contribution in [3.8, 4) is 5.75 Å². The normalized spacial score (nSPS) is 16.7. The van der Waals surface area contributed by atoms with Gasteiger partial charge in [-0.2, -0.15) is 13.2 Å². The van der Waals surface area contributed by atoms with E-state index < -0.39 is 30.6 Å². The molecule has 1 N–H and O–H groups in total. The minimum absolute atomic E-state index is 0.258. The van der Waals surface area contributed by atoms with Crippen molar-refractivity contribution < 1.29 is 27.5 Å². The summed E-state index contributed by atoms with van der Waals surface area (Å²) in [5.41, 5.74) is 1.10. The Morgan fingerprint density at radius 2 is 2.17 bits per heavy atom. The highest BCUT2D eigenvalue weighted by molar-refractivity contribution is 7.09. The van der Waals surface area contributed by atoms with E-state index in [2.05, 4.69) is 4.98 Å². The zero-order valence-electron chi connectivity index (χ0n) is 15.7. The number of rotatable bonds is 6. The monoisotopic (exact) mass is 427 g/mol. The van der Waals surface area contributed by atoms with Gasteiger partial charge in [-0.25, -0.2) is 4.98 Å². The van der Waals surface area contributed by atoms with Crippen LogP contribution in [-0.4, -0.2) is 47.0 Å². The Labute approximate surface area is 169 Å². The lowest BCUT2D eigenvalue weighted by Crippen LogP contribution is -2.48. The van der Waals surface area contributed by atoms with Crippen LogP contribution in [-0.2, 0) is 11.4 Å². The molecule has 0 spiro atoms. The van der Waals surface area contributed by atoms with Crippen LogP contribution < -0.4 is 10.1 Å². The average molecular weight is 427 g/mol. The summed E-state index contributed by atoms with van der Waals surface area (Å²) in [4.78, 5) is 30.6. The Balaban J connectivity index is 1.64. The third kappa shape index (κ3) is 5.69. The highest BCUT2D eigenvalue weighted by Gasteiger charge is 2.36. The van der Waals surface area contributed by atoms with Crippen molar-refractivity contribution in [1.82, 2.24) is 15.2 Å². The second-order valence-electron chi connectivity index (χ2n) is 6.66. The SMILES string of the molecule is Cc1nc(COc2cccc(C(=O)N3CCCC3C(=O)NCC(F)(F)F)c2)cs1. The fourth-order valence-electron chi connectivity index (χ4n) is 3.10. The second-order valence-corrected chi connectivity index (χ2v) is 7.73. The van der Waals surface area contributed by atoms with Crippen LogP contribution in [0.3, 0.4) is 0 Å². The van der Waals surface area contributed by atoms with E-state index in [4.69, 9.17) is 4.74 Å². The topological polar surface area (TPSA) is 71.5 Å². The van der Waals surface area contributed by atoms with E-state index in [-0.39, 0.29) is 6.61 Å². The van der Waals surface area contributed by atoms with Crippen molar-refractivity contribution in [3.05, 3.63) is 45.9 Å². The Hall–Kier alpha value is -2.62. The standard InChI is InChI=1S/C19H20F3N3O3S/c1-12-24-14(10-29-12)9-28-15-5-2-4-13(8-15)18(27)25-7-3-6-16(25)17(26)23-11-19(20,21)22/h2,4-5,8,10,16H,3,6-7,9,11H2,1H3,(H,23,26). The Bertz CT molecular complexity index is 885. The first-order valence-electron chi connectivity index (χ1n) is 9.02. The highest BCUT2D eigenvalue weighted by Crippen LogP contribution is 2.23. The van der Waals surface area contributed by atoms with Gasteiger partial charge in [-0.1, -0.05) is 6.07 Å². The zero-order chi connectivity index (χ0) is 21.0. The average Bonchev–Trinajstić information content (AvgIpc) is 3.32. The molecule has 29 heavy (non-hydrogen) atoms. The van der Waals surface area contributed by atoms with Gasteiger partial charge in [-0.15, -0.1) is 11.3 Å². The molecule has 2 aromatic rings. The molecular formula is C19H20F3N3O3S. The third-order valence-electron chi connectivity index (χ3n) is 4.41. The number of nitrogens with one attached hydrogen (secondary N) is 1. The molecular weight excluding hydrogens is 407 g/mol. The molecule has 1 fully saturated rings. The van der Waals surface area contributed by atoms with Crippen LogP contribution in [0.5, 0.6) is 5.75 Å². The number of likely N-dealkylation sites (tertiary alicyclic amines) is 1. The quantitative estimate of drug-likeness (QED) is 0.768. The first-order valence-corrected chi connectivity index (χ1v) is 9.90. The number of aromatic nitrogens is 1. The lowest BCUT2D eigenvalue weighted by atomic mass is 10.1. The molecule has 1 unspecified atom stereocenters. The fourth-order valence-corrected chi connectivity index (χ4v) is 3.70. The van der Waals surface area contributed by atoms with E-state index in [1.165, 1.54) is 16.2 Å². The van der Waals surface area contributed by atoms with E-state index in [1.807, 2.05) is 17.6 Å². The van der Waals surface area contributed by atoms with E-state index >= 15 is 0 Å². The Kier molecular flexibility index (Phi) is 6.41. The largest absolute Gasteiger partial charge is 0.487 e. The molecule has 1 aliphatic heterocycles. The molecule has 2 heterocycles. The van der Waals surface area contributed by atoms with Crippen LogP contribution in [0.1, 0.15) is 33.9 Å². The fraction of sp³-hybridized carbons (Fsp3) is 0.421. The molecule has 3 rings (SSSR count). The summed E-state index contributed by atoms with van der Waals surface area (Å²) in [6, 6.07) is 5.60. The third-order valence-corrected chi connectivity index (χ3v) is 5.24. The Morgan fingerprint density at radius 1 is 1.38 bits per heavy atom. The molecule has 0 radical (unpaired) electrons. The number of halogens is 3. The van der Waals surface area contributed by atoms with Crippen LogP contribution in [0.4, 0.5) is 13.2 Å². The molecule has 1 aliphatic rings. The van der Waals surface area contributed by atoms with Crippen LogP contribution in [0, 0.1) is 6.92 Å². The van der Waals surface area contributed by atoms with Gasteiger partial charge in [0, 0.05) is 17.5 Å². The van der Waals surface area contributed by atoms with Gasteiger partial charge < -0.3 is 15.0 Å². The minimum atomic E-state index is -4.50. The molecule has 156 valence electrons. The van der Waals surface area contributed by atoms with Gasteiger partial charge in [-0.05, 0) is 38.0 Å². The van der Waals surface area contributed by atoms with Gasteiger partial charge in [0.25, 0.3) is 5.91 Å². The van der Waals surface area contributed by atoms with Crippen molar-refractivity contribution >= 4 is 23.2 Å². The molecule has 10 heteroatoms. The van der Waals surface area contributed by atoms with Crippen molar-refractivity contribution in [2.24, 2.45) is 0 Å². The number of ether oxygens (including phenoxy) is 1. The summed E-state index contributed by atoms with van der Waals surface area (Å²) >= 11 is 1.51. The summed E-state index contributed by atoms with van der Waals surface area (Å²) < 4.78 is 42.7. The van der Waals surface area contributed by atoms with Crippen LogP contribution in [0.15, 0.2) is 29.6 Å². The molecule has 0 bridgehead atoms. The van der Waals surface area contributed by atoms with E-state index in [9.17, 15) is 22.8 Å². The summed E-state index contributed by atoms with van der Waals surface area (Å²) in [7, 11) is 0. The number of hydrogen-bond donors (Lipinski definition) is 1. The highest BCUT2D eigenvalue weighted by atomic mass is 32.1. The van der Waals surface area contributed by atoms with Gasteiger partial charge in [0.05, 0.1) is 10.7 Å². The number of nitrogens with zero attached hydrogens (tertiary/aromatic N) is 2. The maximum atomic E-state index is 12.9. The van der Waals surface area contributed by atoms with Crippen LogP contribution in [0.25, 0.3) is 0 Å². The molecule has 1 aromatic carbocycles. The number of thiazole rings is 1. The predicted molar refractivity (Wildman–Crippen MR) is 101 cm³/mol. The maximum Gasteiger partial charge on any atom is 0.405 e.